The van der Waals surface area contributed by atoms with Crippen LogP contribution in [0.25, 0.3) is 0 Å². The van der Waals surface area contributed by atoms with Gasteiger partial charge in [-0.15, -0.1) is 0 Å². The van der Waals surface area contributed by atoms with Gasteiger partial charge in [0.15, 0.2) is 5.54 Å². The molecule has 0 saturated carbocycles. The molecule has 2 heterocycles. The fourth-order valence-corrected chi connectivity index (χ4v) is 2.64. The lowest BCUT2D eigenvalue weighted by molar-refractivity contribution is -0.146. The van der Waals surface area contributed by atoms with E-state index in [0.717, 1.165) is 5.56 Å². The lowest BCUT2D eigenvalue weighted by atomic mass is 10.1. The van der Waals surface area contributed by atoms with Crippen molar-refractivity contribution in [1.29, 1.82) is 0 Å². The number of benzene rings is 1. The highest BCUT2D eigenvalue weighted by Gasteiger charge is 2.31. The third kappa shape index (κ3) is 4.08. The molecule has 0 spiro atoms. The Bertz CT molecular complexity index is 933. The number of anilines is 1. The first-order chi connectivity index (χ1) is 13.3. The maximum atomic E-state index is 12.5. The first-order valence-corrected chi connectivity index (χ1v) is 8.79. The van der Waals surface area contributed by atoms with Gasteiger partial charge in [-0.3, -0.25) is 14.3 Å². The summed E-state index contributed by atoms with van der Waals surface area (Å²) in [6.45, 7) is 3.31. The summed E-state index contributed by atoms with van der Waals surface area (Å²) < 4.78 is 1.26. The Morgan fingerprint density at radius 1 is 1.21 bits per heavy atom. The SMILES string of the molecule is CC(C)(C(=O)O)n1cc(NC(=O)C2=NN(Cc3ccccc3)C(=O)CC2)cn1. The minimum atomic E-state index is -1.25. The van der Waals surface area contributed by atoms with Crippen molar-refractivity contribution in [1.82, 2.24) is 14.8 Å². The average Bonchev–Trinajstić information content (AvgIpc) is 3.13. The number of carboxylic acid groups (broad SMARTS) is 1. The monoisotopic (exact) mass is 383 g/mol. The summed E-state index contributed by atoms with van der Waals surface area (Å²) >= 11 is 0. The molecule has 1 aliphatic heterocycles. The van der Waals surface area contributed by atoms with Gasteiger partial charge in [0.1, 0.15) is 5.71 Å². The maximum Gasteiger partial charge on any atom is 0.331 e. The summed E-state index contributed by atoms with van der Waals surface area (Å²) in [7, 11) is 0. The number of hydrogen-bond acceptors (Lipinski definition) is 5. The summed E-state index contributed by atoms with van der Waals surface area (Å²) in [5.41, 5.74) is 0.261. The maximum absolute atomic E-state index is 12.5. The van der Waals surface area contributed by atoms with E-state index >= 15 is 0 Å². The van der Waals surface area contributed by atoms with Crippen LogP contribution in [-0.4, -0.2) is 43.4 Å². The number of aliphatic carboxylic acids is 1. The van der Waals surface area contributed by atoms with E-state index in [2.05, 4.69) is 15.5 Å². The van der Waals surface area contributed by atoms with Crippen LogP contribution in [0.5, 0.6) is 0 Å². The molecule has 1 aliphatic rings. The molecule has 2 amide bonds. The van der Waals surface area contributed by atoms with Gasteiger partial charge in [-0.25, -0.2) is 9.80 Å². The topological polar surface area (TPSA) is 117 Å². The Kier molecular flexibility index (Phi) is 5.25. The molecule has 0 bridgehead atoms. The fraction of sp³-hybridized carbons (Fsp3) is 0.316. The smallest absolute Gasteiger partial charge is 0.331 e. The zero-order chi connectivity index (χ0) is 20.3. The Morgan fingerprint density at radius 2 is 1.93 bits per heavy atom. The number of aromatic nitrogens is 2. The number of nitrogens with one attached hydrogen (secondary N) is 1. The molecule has 0 aliphatic carbocycles. The minimum Gasteiger partial charge on any atom is -0.479 e. The van der Waals surface area contributed by atoms with Crippen LogP contribution in [0.2, 0.25) is 0 Å². The van der Waals surface area contributed by atoms with Gasteiger partial charge in [0.05, 0.1) is 18.4 Å². The van der Waals surface area contributed by atoms with Crippen molar-refractivity contribution in [3.8, 4) is 0 Å². The van der Waals surface area contributed by atoms with Crippen LogP contribution < -0.4 is 5.32 Å². The van der Waals surface area contributed by atoms with E-state index in [-0.39, 0.29) is 24.5 Å². The number of rotatable bonds is 6. The molecule has 9 nitrogen and oxygen atoms in total. The molecule has 0 radical (unpaired) electrons. The van der Waals surface area contributed by atoms with E-state index in [9.17, 15) is 19.5 Å². The summed E-state index contributed by atoms with van der Waals surface area (Å²) in [6, 6.07) is 9.40. The Morgan fingerprint density at radius 3 is 2.61 bits per heavy atom. The molecular formula is C19H21N5O4. The van der Waals surface area contributed by atoms with E-state index < -0.39 is 17.4 Å². The first kappa shape index (κ1) is 19.3. The highest BCUT2D eigenvalue weighted by atomic mass is 16.4. The van der Waals surface area contributed by atoms with Crippen molar-refractivity contribution in [2.45, 2.75) is 38.8 Å². The lowest BCUT2D eigenvalue weighted by Gasteiger charge is -2.23. The van der Waals surface area contributed by atoms with Gasteiger partial charge in [0.25, 0.3) is 5.91 Å². The Labute approximate surface area is 161 Å². The molecule has 3 rings (SSSR count). The minimum absolute atomic E-state index is 0.142. The van der Waals surface area contributed by atoms with E-state index in [1.54, 1.807) is 0 Å². The first-order valence-electron chi connectivity index (χ1n) is 8.79. The van der Waals surface area contributed by atoms with Crippen LogP contribution in [0.1, 0.15) is 32.3 Å². The van der Waals surface area contributed by atoms with Crippen LogP contribution in [-0.2, 0) is 26.5 Å². The average molecular weight is 383 g/mol. The van der Waals surface area contributed by atoms with E-state index in [1.807, 2.05) is 30.3 Å². The molecule has 9 heteroatoms. The second-order valence-electron chi connectivity index (χ2n) is 6.98. The van der Waals surface area contributed by atoms with Crippen molar-refractivity contribution in [2.75, 3.05) is 5.32 Å². The van der Waals surface area contributed by atoms with Gasteiger partial charge in [0.2, 0.25) is 5.91 Å². The third-order valence-electron chi connectivity index (χ3n) is 4.48. The summed E-state index contributed by atoms with van der Waals surface area (Å²) in [5, 5.41) is 21.4. The molecular weight excluding hydrogens is 362 g/mol. The van der Waals surface area contributed by atoms with Crippen molar-refractivity contribution in [3.63, 3.8) is 0 Å². The molecule has 146 valence electrons. The number of carbonyl (C=O) groups excluding carboxylic acids is 2. The van der Waals surface area contributed by atoms with Gasteiger partial charge >= 0.3 is 5.97 Å². The van der Waals surface area contributed by atoms with Crippen LogP contribution in [0.3, 0.4) is 0 Å². The van der Waals surface area contributed by atoms with Gasteiger partial charge in [-0.05, 0) is 19.4 Å². The van der Waals surface area contributed by atoms with Crippen molar-refractivity contribution in [2.24, 2.45) is 5.10 Å². The normalized spacial score (nSPS) is 14.6. The van der Waals surface area contributed by atoms with Crippen LogP contribution in [0.4, 0.5) is 5.69 Å². The van der Waals surface area contributed by atoms with Gasteiger partial charge in [0, 0.05) is 19.0 Å². The molecule has 28 heavy (non-hydrogen) atoms. The van der Waals surface area contributed by atoms with E-state index in [1.165, 1.54) is 35.9 Å². The lowest BCUT2D eigenvalue weighted by Crippen LogP contribution is -2.36. The largest absolute Gasteiger partial charge is 0.479 e. The zero-order valence-electron chi connectivity index (χ0n) is 15.6. The molecule has 2 N–H and O–H groups in total. The van der Waals surface area contributed by atoms with Gasteiger partial charge < -0.3 is 10.4 Å². The van der Waals surface area contributed by atoms with Crippen LogP contribution >= 0.6 is 0 Å². The summed E-state index contributed by atoms with van der Waals surface area (Å²) in [5.74, 6) is -1.63. The number of amides is 2. The molecule has 1 aromatic carbocycles. The number of hydrogen-bond donors (Lipinski definition) is 2. The quantitative estimate of drug-likeness (QED) is 0.789. The third-order valence-corrected chi connectivity index (χ3v) is 4.48. The highest BCUT2D eigenvalue weighted by molar-refractivity contribution is 6.43. The number of carboxylic acids is 1. The summed E-state index contributed by atoms with van der Waals surface area (Å²) in [4.78, 5) is 36.0. The number of nitrogens with zero attached hydrogens (tertiary/aromatic N) is 4. The van der Waals surface area contributed by atoms with E-state index in [0.29, 0.717) is 12.2 Å². The standard InChI is InChI=1S/C19H21N5O4/c1-19(2,18(27)28)24-12-14(10-20-24)21-17(26)15-8-9-16(25)23(22-15)11-13-6-4-3-5-7-13/h3-7,10,12H,8-9,11H2,1-2H3,(H,21,26)(H,27,28). The molecule has 0 saturated heterocycles. The number of hydrazone groups is 1. The molecule has 2 aromatic rings. The molecule has 0 atom stereocenters. The van der Waals surface area contributed by atoms with Crippen LogP contribution in [0.15, 0.2) is 47.8 Å². The molecule has 0 unspecified atom stereocenters. The van der Waals surface area contributed by atoms with Crippen molar-refractivity contribution >= 4 is 29.2 Å². The predicted octanol–water partition coefficient (Wildman–Crippen LogP) is 1.82. The number of carbonyl (C=O) groups is 3. The zero-order valence-corrected chi connectivity index (χ0v) is 15.6. The van der Waals surface area contributed by atoms with Crippen LogP contribution in [0, 0.1) is 0 Å². The molecule has 0 fully saturated rings. The second kappa shape index (κ2) is 7.63. The Balaban J connectivity index is 1.72. The fourth-order valence-electron chi connectivity index (χ4n) is 2.64. The second-order valence-corrected chi connectivity index (χ2v) is 6.98. The van der Waals surface area contributed by atoms with Crippen molar-refractivity contribution in [3.05, 3.63) is 48.3 Å². The predicted molar refractivity (Wildman–Crippen MR) is 101 cm³/mol. The highest BCUT2D eigenvalue weighted by Crippen LogP contribution is 2.18. The van der Waals surface area contributed by atoms with E-state index in [4.69, 9.17) is 0 Å². The summed E-state index contributed by atoms with van der Waals surface area (Å²) in [6.07, 6.45) is 3.26. The Hall–Kier alpha value is -3.49. The molecule has 1 aromatic heterocycles. The van der Waals surface area contributed by atoms with Gasteiger partial charge in [-0.2, -0.15) is 10.2 Å². The van der Waals surface area contributed by atoms with Gasteiger partial charge in [-0.1, -0.05) is 30.3 Å². The van der Waals surface area contributed by atoms with Crippen molar-refractivity contribution < 1.29 is 19.5 Å².